The predicted molar refractivity (Wildman–Crippen MR) is 94.3 cm³/mol. The molecule has 1 amide bonds. The van der Waals surface area contributed by atoms with Crippen molar-refractivity contribution in [1.29, 1.82) is 0 Å². The minimum Gasteiger partial charge on any atom is -0.288 e. The molecule has 2 N–H and O–H groups in total. The second-order valence-corrected chi connectivity index (χ2v) is 6.03. The number of nitrogens with zero attached hydrogens (tertiary/aromatic N) is 1. The van der Waals surface area contributed by atoms with Crippen LogP contribution < -0.4 is 5.48 Å². The molecule has 3 aromatic rings. The van der Waals surface area contributed by atoms with Crippen molar-refractivity contribution in [1.82, 2.24) is 10.5 Å². The zero-order chi connectivity index (χ0) is 17.1. The summed E-state index contributed by atoms with van der Waals surface area (Å²) >= 11 is 0. The minimum absolute atomic E-state index is 0.393. The van der Waals surface area contributed by atoms with Gasteiger partial charge in [-0.15, -0.1) is 0 Å². The summed E-state index contributed by atoms with van der Waals surface area (Å²) in [5.74, 6) is -0.533. The molecule has 1 aromatic heterocycles. The molecular weight excluding hydrogens is 300 g/mol. The fourth-order valence-electron chi connectivity index (χ4n) is 3.00. The van der Waals surface area contributed by atoms with Crippen molar-refractivity contribution in [2.75, 3.05) is 0 Å². The van der Waals surface area contributed by atoms with E-state index in [1.807, 2.05) is 25.1 Å². The number of fused-ring (bicyclic) bond motifs is 1. The van der Waals surface area contributed by atoms with Crippen molar-refractivity contribution in [2.45, 2.75) is 26.7 Å². The lowest BCUT2D eigenvalue weighted by atomic mass is 9.99. The Morgan fingerprint density at radius 2 is 1.75 bits per heavy atom. The zero-order valence-corrected chi connectivity index (χ0v) is 13.8. The Morgan fingerprint density at radius 1 is 1.04 bits per heavy atom. The van der Waals surface area contributed by atoms with E-state index in [0.717, 1.165) is 29.3 Å². The first kappa shape index (κ1) is 16.1. The van der Waals surface area contributed by atoms with Gasteiger partial charge in [-0.3, -0.25) is 15.0 Å². The highest BCUT2D eigenvalue weighted by Crippen LogP contribution is 2.23. The Bertz CT molecular complexity index is 889. The van der Waals surface area contributed by atoms with E-state index in [9.17, 15) is 4.79 Å². The monoisotopic (exact) mass is 320 g/mol. The summed E-state index contributed by atoms with van der Waals surface area (Å²) in [7, 11) is 0. The topological polar surface area (TPSA) is 62.2 Å². The first-order valence-electron chi connectivity index (χ1n) is 7.97. The second kappa shape index (κ2) is 6.81. The van der Waals surface area contributed by atoms with Gasteiger partial charge in [0, 0.05) is 5.39 Å². The van der Waals surface area contributed by atoms with Gasteiger partial charge in [-0.2, -0.15) is 0 Å². The lowest BCUT2D eigenvalue weighted by molar-refractivity contribution is 0.0705. The molecule has 0 saturated heterocycles. The summed E-state index contributed by atoms with van der Waals surface area (Å²) in [6.07, 6.45) is 1.89. The zero-order valence-electron chi connectivity index (χ0n) is 13.8. The Labute approximate surface area is 141 Å². The van der Waals surface area contributed by atoms with Gasteiger partial charge in [0.1, 0.15) is 0 Å². The van der Waals surface area contributed by atoms with E-state index < -0.39 is 5.91 Å². The molecule has 3 rings (SSSR count). The number of nitrogens with one attached hydrogen (secondary N) is 1. The van der Waals surface area contributed by atoms with Crippen molar-refractivity contribution in [2.24, 2.45) is 0 Å². The molecule has 0 fully saturated rings. The Morgan fingerprint density at radius 3 is 2.46 bits per heavy atom. The van der Waals surface area contributed by atoms with Crippen LogP contribution in [-0.2, 0) is 12.8 Å². The Balaban J connectivity index is 1.95. The third kappa shape index (κ3) is 3.29. The van der Waals surface area contributed by atoms with E-state index in [1.54, 1.807) is 18.5 Å². The summed E-state index contributed by atoms with van der Waals surface area (Å²) in [6, 6.07) is 16.4. The van der Waals surface area contributed by atoms with Gasteiger partial charge >= 0.3 is 0 Å². The third-order valence-electron chi connectivity index (χ3n) is 4.25. The highest BCUT2D eigenvalue weighted by Gasteiger charge is 2.12. The normalized spacial score (nSPS) is 10.8. The number of amides is 1. The number of carbonyl (C=O) groups is 1. The number of aryl methyl sites for hydroxylation is 4. The van der Waals surface area contributed by atoms with Crippen LogP contribution in [0.2, 0.25) is 0 Å². The van der Waals surface area contributed by atoms with E-state index in [0.29, 0.717) is 11.3 Å². The molecule has 0 spiro atoms. The molecule has 122 valence electrons. The second-order valence-electron chi connectivity index (χ2n) is 6.03. The van der Waals surface area contributed by atoms with Crippen LogP contribution in [-0.4, -0.2) is 16.1 Å². The lowest BCUT2D eigenvalue weighted by Crippen LogP contribution is -2.20. The van der Waals surface area contributed by atoms with Crippen LogP contribution in [0.3, 0.4) is 0 Å². The van der Waals surface area contributed by atoms with Gasteiger partial charge in [0.15, 0.2) is 0 Å². The van der Waals surface area contributed by atoms with Crippen LogP contribution in [0.1, 0.15) is 32.7 Å². The molecule has 0 atom stereocenters. The molecule has 4 heteroatoms. The predicted octanol–water partition coefficient (Wildman–Crippen LogP) is 3.76. The first-order chi connectivity index (χ1) is 11.6. The third-order valence-corrected chi connectivity index (χ3v) is 4.25. The first-order valence-corrected chi connectivity index (χ1v) is 7.97. The van der Waals surface area contributed by atoms with Gasteiger partial charge in [-0.1, -0.05) is 36.4 Å². The van der Waals surface area contributed by atoms with Gasteiger partial charge in [-0.25, -0.2) is 5.48 Å². The number of hydrogen-bond donors (Lipinski definition) is 2. The number of benzene rings is 2. The van der Waals surface area contributed by atoms with Crippen molar-refractivity contribution in [3.05, 3.63) is 76.5 Å². The summed E-state index contributed by atoms with van der Waals surface area (Å²) in [6.45, 7) is 3.80. The van der Waals surface area contributed by atoms with Gasteiger partial charge in [0.2, 0.25) is 0 Å². The molecule has 0 radical (unpaired) electrons. The van der Waals surface area contributed by atoms with Crippen LogP contribution in [0.5, 0.6) is 0 Å². The van der Waals surface area contributed by atoms with Crippen LogP contribution in [0.15, 0.2) is 48.5 Å². The largest absolute Gasteiger partial charge is 0.288 e. The average molecular weight is 320 g/mol. The maximum absolute atomic E-state index is 11.8. The van der Waals surface area contributed by atoms with E-state index in [4.69, 9.17) is 5.21 Å². The van der Waals surface area contributed by atoms with Crippen molar-refractivity contribution in [3.8, 4) is 0 Å². The molecule has 0 unspecified atom stereocenters. The van der Waals surface area contributed by atoms with Crippen molar-refractivity contribution < 1.29 is 10.0 Å². The Kier molecular flexibility index (Phi) is 4.58. The molecule has 0 aliphatic rings. The lowest BCUT2D eigenvalue weighted by Gasteiger charge is -2.10. The maximum Gasteiger partial charge on any atom is 0.276 e. The molecule has 0 bridgehead atoms. The highest BCUT2D eigenvalue weighted by molar-refractivity contribution is 5.98. The van der Waals surface area contributed by atoms with Gasteiger partial charge in [0.05, 0.1) is 16.8 Å². The molecule has 4 nitrogen and oxygen atoms in total. The number of pyridine rings is 1. The van der Waals surface area contributed by atoms with E-state index in [-0.39, 0.29) is 0 Å². The Hall–Kier alpha value is -2.72. The van der Waals surface area contributed by atoms with Crippen LogP contribution >= 0.6 is 0 Å². The van der Waals surface area contributed by atoms with Crippen molar-refractivity contribution >= 4 is 16.8 Å². The number of rotatable bonds is 4. The molecule has 2 aromatic carbocycles. The molecular formula is C20H20N2O2. The van der Waals surface area contributed by atoms with Crippen molar-refractivity contribution in [3.63, 3.8) is 0 Å². The standard InChI is InChI=1S/C20H20N2O2/c1-13-10-16(9-8-15-6-4-3-5-7-15)11-17-12-18(20(23)22-24)14(2)21-19(13)17/h3-7,10-12,24H,8-9H2,1-2H3,(H,22,23). The summed E-state index contributed by atoms with van der Waals surface area (Å²) in [5.41, 5.74) is 7.18. The highest BCUT2D eigenvalue weighted by atomic mass is 16.5. The van der Waals surface area contributed by atoms with E-state index >= 15 is 0 Å². The fraction of sp³-hybridized carbons (Fsp3) is 0.200. The van der Waals surface area contributed by atoms with Gasteiger partial charge in [-0.05, 0) is 55.5 Å². The smallest absolute Gasteiger partial charge is 0.276 e. The van der Waals surface area contributed by atoms with Crippen LogP contribution in [0.4, 0.5) is 0 Å². The maximum atomic E-state index is 11.8. The van der Waals surface area contributed by atoms with Gasteiger partial charge in [0.25, 0.3) is 5.91 Å². The minimum atomic E-state index is -0.533. The molecule has 0 aliphatic carbocycles. The number of aromatic nitrogens is 1. The van der Waals surface area contributed by atoms with E-state index in [1.165, 1.54) is 11.1 Å². The fourth-order valence-corrected chi connectivity index (χ4v) is 3.00. The van der Waals surface area contributed by atoms with Gasteiger partial charge < -0.3 is 0 Å². The number of hydroxylamine groups is 1. The van der Waals surface area contributed by atoms with Crippen LogP contribution in [0, 0.1) is 13.8 Å². The summed E-state index contributed by atoms with van der Waals surface area (Å²) in [4.78, 5) is 16.3. The molecule has 24 heavy (non-hydrogen) atoms. The molecule has 0 aliphatic heterocycles. The quantitative estimate of drug-likeness (QED) is 0.568. The number of carbonyl (C=O) groups excluding carboxylic acids is 1. The summed E-state index contributed by atoms with van der Waals surface area (Å²) < 4.78 is 0. The number of hydrogen-bond acceptors (Lipinski definition) is 3. The summed E-state index contributed by atoms with van der Waals surface area (Å²) in [5, 5.41) is 9.80. The average Bonchev–Trinajstić information content (AvgIpc) is 2.60. The van der Waals surface area contributed by atoms with E-state index in [2.05, 4.69) is 29.2 Å². The SMILES string of the molecule is Cc1nc2c(C)cc(CCc3ccccc3)cc2cc1C(=O)NO. The molecule has 0 saturated carbocycles. The van der Waals surface area contributed by atoms with Crippen LogP contribution in [0.25, 0.3) is 10.9 Å². The molecule has 1 heterocycles.